The van der Waals surface area contributed by atoms with E-state index in [1.165, 1.54) is 16.9 Å². The van der Waals surface area contributed by atoms with Gasteiger partial charge in [-0.3, -0.25) is 0 Å². The largest absolute Gasteiger partial charge is 0.497 e. The highest BCUT2D eigenvalue weighted by molar-refractivity contribution is 7.03. The van der Waals surface area contributed by atoms with Crippen LogP contribution in [-0.2, 0) is 0 Å². The quantitative estimate of drug-likeness (QED) is 0.691. The zero-order chi connectivity index (χ0) is 11.7. The summed E-state index contributed by atoms with van der Waals surface area (Å²) in [7, 11) is 1.68. The van der Waals surface area contributed by atoms with Gasteiger partial charge in [0.1, 0.15) is 11.4 Å². The molecular weight excluding hydrogens is 232 g/mol. The molecule has 0 saturated heterocycles. The summed E-state index contributed by atoms with van der Waals surface area (Å²) in [6.07, 6.45) is 0. The van der Waals surface area contributed by atoms with E-state index in [4.69, 9.17) is 4.74 Å². The maximum absolute atomic E-state index is 5.20. The van der Waals surface area contributed by atoms with Gasteiger partial charge in [-0.05, 0) is 40.5 Å². The number of methoxy groups -OCH3 is 1. The summed E-state index contributed by atoms with van der Waals surface area (Å²) in [5.74, 6) is 0.876. The van der Waals surface area contributed by atoms with Gasteiger partial charge >= 0.3 is 0 Å². The average molecular weight is 242 g/mol. The number of hydrogen-bond acceptors (Lipinski definition) is 4. The van der Waals surface area contributed by atoms with Crippen molar-refractivity contribution in [3.8, 4) is 17.0 Å². The molecule has 84 valence electrons. The summed E-state index contributed by atoms with van der Waals surface area (Å²) in [6, 6.07) is 12.3. The van der Waals surface area contributed by atoms with E-state index in [1.54, 1.807) is 7.11 Å². The van der Waals surface area contributed by atoms with Crippen LogP contribution in [0.3, 0.4) is 0 Å². The summed E-state index contributed by atoms with van der Waals surface area (Å²) >= 11 is 1.36. The molecule has 0 unspecified atom stereocenters. The minimum Gasteiger partial charge on any atom is -0.497 e. The monoisotopic (exact) mass is 242 g/mol. The molecule has 3 nitrogen and oxygen atoms in total. The first-order valence-electron chi connectivity index (χ1n) is 5.22. The topological polar surface area (TPSA) is 35.0 Å². The van der Waals surface area contributed by atoms with Gasteiger partial charge in [0, 0.05) is 10.9 Å². The van der Waals surface area contributed by atoms with E-state index >= 15 is 0 Å². The Bertz CT molecular complexity index is 650. The average Bonchev–Trinajstić information content (AvgIpc) is 2.91. The highest BCUT2D eigenvalue weighted by atomic mass is 32.1. The van der Waals surface area contributed by atoms with E-state index in [0.717, 1.165) is 22.4 Å². The smallest absolute Gasteiger partial charge is 0.119 e. The summed E-state index contributed by atoms with van der Waals surface area (Å²) in [6.45, 7) is 0. The van der Waals surface area contributed by atoms with Crippen molar-refractivity contribution in [2.45, 2.75) is 0 Å². The minimum atomic E-state index is 0.876. The molecule has 0 radical (unpaired) electrons. The molecule has 0 atom stereocenters. The van der Waals surface area contributed by atoms with E-state index in [-0.39, 0.29) is 0 Å². The number of aromatic nitrogens is 2. The predicted molar refractivity (Wildman–Crippen MR) is 69.4 cm³/mol. The van der Waals surface area contributed by atoms with Crippen LogP contribution in [0.4, 0.5) is 0 Å². The van der Waals surface area contributed by atoms with Crippen LogP contribution in [0.1, 0.15) is 0 Å². The Hall–Kier alpha value is -1.94. The van der Waals surface area contributed by atoms with Crippen LogP contribution < -0.4 is 4.74 Å². The van der Waals surface area contributed by atoms with E-state index in [2.05, 4.69) is 33.9 Å². The van der Waals surface area contributed by atoms with E-state index < -0.39 is 0 Å². The van der Waals surface area contributed by atoms with Crippen LogP contribution in [0.25, 0.3) is 22.0 Å². The molecule has 2 aromatic carbocycles. The zero-order valence-corrected chi connectivity index (χ0v) is 10.1. The SMILES string of the molecule is COc1ccc2cc(-c3csnn3)ccc2c1. The number of ether oxygens (including phenoxy) is 1. The molecule has 0 fully saturated rings. The maximum Gasteiger partial charge on any atom is 0.119 e. The number of hydrogen-bond donors (Lipinski definition) is 0. The third kappa shape index (κ3) is 1.87. The number of nitrogens with zero attached hydrogens (tertiary/aromatic N) is 2. The highest BCUT2D eigenvalue weighted by Gasteiger charge is 2.03. The molecule has 0 saturated carbocycles. The lowest BCUT2D eigenvalue weighted by atomic mass is 10.1. The molecule has 17 heavy (non-hydrogen) atoms. The maximum atomic E-state index is 5.20. The van der Waals surface area contributed by atoms with Gasteiger partial charge in [-0.2, -0.15) is 0 Å². The van der Waals surface area contributed by atoms with Crippen LogP contribution >= 0.6 is 11.5 Å². The molecule has 1 heterocycles. The Balaban J connectivity index is 2.14. The minimum absolute atomic E-state index is 0.876. The first kappa shape index (κ1) is 10.2. The lowest BCUT2D eigenvalue weighted by Gasteiger charge is -2.03. The van der Waals surface area contributed by atoms with Gasteiger partial charge in [-0.15, -0.1) is 5.10 Å². The molecule has 3 rings (SSSR count). The van der Waals surface area contributed by atoms with Crippen LogP contribution in [0.15, 0.2) is 41.8 Å². The molecule has 0 spiro atoms. The summed E-state index contributed by atoms with van der Waals surface area (Å²) in [4.78, 5) is 0. The highest BCUT2D eigenvalue weighted by Crippen LogP contribution is 2.26. The Kier molecular flexibility index (Phi) is 2.49. The molecular formula is C13H10N2OS. The van der Waals surface area contributed by atoms with Crippen molar-refractivity contribution in [2.24, 2.45) is 0 Å². The Morgan fingerprint density at radius 2 is 1.88 bits per heavy atom. The first-order valence-corrected chi connectivity index (χ1v) is 6.06. The van der Waals surface area contributed by atoms with Crippen molar-refractivity contribution < 1.29 is 4.74 Å². The van der Waals surface area contributed by atoms with Crippen LogP contribution in [0, 0.1) is 0 Å². The van der Waals surface area contributed by atoms with Crippen LogP contribution in [0.2, 0.25) is 0 Å². The van der Waals surface area contributed by atoms with Crippen molar-refractivity contribution in [2.75, 3.05) is 7.11 Å². The lowest BCUT2D eigenvalue weighted by Crippen LogP contribution is -1.83. The normalized spacial score (nSPS) is 10.6. The van der Waals surface area contributed by atoms with Gasteiger partial charge in [0.05, 0.1) is 7.11 Å². The Morgan fingerprint density at radius 1 is 1.06 bits per heavy atom. The fourth-order valence-corrected chi connectivity index (χ4v) is 2.27. The summed E-state index contributed by atoms with van der Waals surface area (Å²) in [5.41, 5.74) is 2.02. The third-order valence-electron chi connectivity index (χ3n) is 2.70. The van der Waals surface area contributed by atoms with Crippen molar-refractivity contribution in [1.82, 2.24) is 9.59 Å². The number of benzene rings is 2. The van der Waals surface area contributed by atoms with Gasteiger partial charge in [0.15, 0.2) is 0 Å². The molecule has 4 heteroatoms. The van der Waals surface area contributed by atoms with Crippen molar-refractivity contribution in [1.29, 1.82) is 0 Å². The van der Waals surface area contributed by atoms with Crippen molar-refractivity contribution in [3.05, 3.63) is 41.8 Å². The molecule has 3 aromatic rings. The molecule has 1 aromatic heterocycles. The lowest BCUT2D eigenvalue weighted by molar-refractivity contribution is 0.415. The Morgan fingerprint density at radius 3 is 2.65 bits per heavy atom. The standard InChI is InChI=1S/C13H10N2OS/c1-16-12-5-4-9-6-11(3-2-10(9)7-12)13-8-17-15-14-13/h2-8H,1H3. The van der Waals surface area contributed by atoms with Gasteiger partial charge in [0.25, 0.3) is 0 Å². The fourth-order valence-electron chi connectivity index (χ4n) is 1.80. The van der Waals surface area contributed by atoms with E-state index in [9.17, 15) is 0 Å². The summed E-state index contributed by atoms with van der Waals surface area (Å²) in [5, 5.41) is 8.36. The predicted octanol–water partition coefficient (Wildman–Crippen LogP) is 3.37. The van der Waals surface area contributed by atoms with Gasteiger partial charge in [-0.1, -0.05) is 22.7 Å². The molecule has 0 aliphatic rings. The zero-order valence-electron chi connectivity index (χ0n) is 9.25. The van der Waals surface area contributed by atoms with E-state index in [0.29, 0.717) is 0 Å². The van der Waals surface area contributed by atoms with Crippen LogP contribution in [-0.4, -0.2) is 16.7 Å². The van der Waals surface area contributed by atoms with E-state index in [1.807, 2.05) is 17.5 Å². The Labute approximate surface area is 103 Å². The number of fused-ring (bicyclic) bond motifs is 1. The second-order valence-corrected chi connectivity index (χ2v) is 4.33. The molecule has 0 aliphatic heterocycles. The van der Waals surface area contributed by atoms with Gasteiger partial charge < -0.3 is 4.74 Å². The van der Waals surface area contributed by atoms with Crippen molar-refractivity contribution in [3.63, 3.8) is 0 Å². The molecule has 0 N–H and O–H groups in total. The fraction of sp³-hybridized carbons (Fsp3) is 0.0769. The van der Waals surface area contributed by atoms with Gasteiger partial charge in [-0.25, -0.2) is 0 Å². The first-order chi connectivity index (χ1) is 8.36. The second-order valence-electron chi connectivity index (χ2n) is 3.72. The van der Waals surface area contributed by atoms with Gasteiger partial charge in [0.2, 0.25) is 0 Å². The molecule has 0 bridgehead atoms. The van der Waals surface area contributed by atoms with Crippen molar-refractivity contribution >= 4 is 22.3 Å². The third-order valence-corrected chi connectivity index (χ3v) is 3.21. The summed E-state index contributed by atoms with van der Waals surface area (Å²) < 4.78 is 9.08. The molecule has 0 amide bonds. The molecule has 0 aliphatic carbocycles. The number of rotatable bonds is 2. The second kappa shape index (κ2) is 4.14. The van der Waals surface area contributed by atoms with Crippen LogP contribution in [0.5, 0.6) is 5.75 Å².